The number of hydrogen-bond acceptors (Lipinski definition) is 4. The van der Waals surface area contributed by atoms with Crippen molar-refractivity contribution in [2.45, 2.75) is 55.4 Å². The fourth-order valence-corrected chi connectivity index (χ4v) is 8.12. The summed E-state index contributed by atoms with van der Waals surface area (Å²) in [5.74, 6) is 2.15. The molecule has 4 bridgehead atoms. The van der Waals surface area contributed by atoms with E-state index in [1.165, 1.54) is 49.9 Å². The summed E-state index contributed by atoms with van der Waals surface area (Å²) in [6.07, 6.45) is 8.10. The molecule has 6 heteroatoms. The first kappa shape index (κ1) is 16.5. The number of thioether (sulfide) groups is 1. The highest BCUT2D eigenvalue weighted by molar-refractivity contribution is 8.01. The van der Waals surface area contributed by atoms with E-state index in [4.69, 9.17) is 5.73 Å². The first-order valence-electron chi connectivity index (χ1n) is 8.80. The number of primary amides is 1. The summed E-state index contributed by atoms with van der Waals surface area (Å²) in [4.78, 5) is 24.0. The molecule has 0 saturated heterocycles. The molecule has 1 heterocycles. The van der Waals surface area contributed by atoms with E-state index in [2.05, 4.69) is 5.32 Å². The minimum Gasteiger partial charge on any atom is -0.366 e. The Morgan fingerprint density at radius 2 is 1.83 bits per heavy atom. The topological polar surface area (TPSA) is 72.2 Å². The highest BCUT2D eigenvalue weighted by Crippen LogP contribution is 2.61. The summed E-state index contributed by atoms with van der Waals surface area (Å²) in [5.41, 5.74) is 5.76. The maximum atomic E-state index is 12.6. The third-order valence-electron chi connectivity index (χ3n) is 5.95. The van der Waals surface area contributed by atoms with Crippen LogP contribution in [0.4, 0.5) is 5.00 Å². The van der Waals surface area contributed by atoms with Crippen molar-refractivity contribution in [1.82, 2.24) is 0 Å². The van der Waals surface area contributed by atoms with Crippen LogP contribution in [-0.2, 0) is 4.79 Å². The molecule has 4 nitrogen and oxygen atoms in total. The van der Waals surface area contributed by atoms with Crippen molar-refractivity contribution in [1.29, 1.82) is 0 Å². The van der Waals surface area contributed by atoms with Crippen LogP contribution >= 0.6 is 23.1 Å². The van der Waals surface area contributed by atoms with E-state index in [0.717, 1.165) is 17.8 Å². The van der Waals surface area contributed by atoms with Crippen molar-refractivity contribution in [3.63, 3.8) is 0 Å². The number of amides is 2. The number of rotatable bonds is 5. The van der Waals surface area contributed by atoms with E-state index < -0.39 is 5.91 Å². The minimum absolute atomic E-state index is 0.0132. The number of nitrogens with two attached hydrogens (primary N) is 1. The highest BCUT2D eigenvalue weighted by atomic mass is 32.2. The second-order valence-electron chi connectivity index (χ2n) is 7.88. The van der Waals surface area contributed by atoms with Gasteiger partial charge >= 0.3 is 0 Å². The van der Waals surface area contributed by atoms with Crippen molar-refractivity contribution >= 4 is 39.9 Å². The Labute approximate surface area is 150 Å². The van der Waals surface area contributed by atoms with Gasteiger partial charge in [0.15, 0.2) is 0 Å². The van der Waals surface area contributed by atoms with E-state index >= 15 is 0 Å². The Kier molecular flexibility index (Phi) is 4.15. The summed E-state index contributed by atoms with van der Waals surface area (Å²) < 4.78 is 0.313. The minimum atomic E-state index is -0.493. The summed E-state index contributed by atoms with van der Waals surface area (Å²) in [6, 6.07) is 1.67. The Bertz CT molecular complexity index is 634. The lowest BCUT2D eigenvalue weighted by Crippen LogP contribution is -2.49. The third kappa shape index (κ3) is 2.99. The zero-order valence-corrected chi connectivity index (χ0v) is 15.6. The SMILES string of the molecule is C[C@H](SC12CC3CC(CC(C3)C1)C2)C(=O)Nc1sccc1C(N)=O. The van der Waals surface area contributed by atoms with E-state index in [0.29, 0.717) is 15.3 Å². The molecule has 0 radical (unpaired) electrons. The fourth-order valence-electron chi connectivity index (χ4n) is 5.42. The summed E-state index contributed by atoms with van der Waals surface area (Å²) >= 11 is 3.23. The summed E-state index contributed by atoms with van der Waals surface area (Å²) in [5, 5.41) is 5.16. The standard InChI is InChI=1S/C18H24N2O2S2/c1-10(16(22)20-17-14(15(19)21)2-3-23-17)24-18-7-11-4-12(8-18)6-13(5-11)9-18/h2-3,10-13H,4-9H2,1H3,(H2,19,21)(H,20,22)/t10-,11?,12?,13?,18?/m0/s1. The number of hydrogen-bond donors (Lipinski definition) is 2. The van der Waals surface area contributed by atoms with Crippen molar-refractivity contribution in [2.75, 3.05) is 5.32 Å². The first-order valence-corrected chi connectivity index (χ1v) is 10.6. The predicted molar refractivity (Wildman–Crippen MR) is 99.4 cm³/mol. The largest absolute Gasteiger partial charge is 0.366 e. The Morgan fingerprint density at radius 3 is 2.38 bits per heavy atom. The van der Waals surface area contributed by atoms with Crippen LogP contribution in [0, 0.1) is 17.8 Å². The Morgan fingerprint density at radius 1 is 1.25 bits per heavy atom. The third-order valence-corrected chi connectivity index (χ3v) is 8.34. The van der Waals surface area contributed by atoms with Crippen LogP contribution in [0.5, 0.6) is 0 Å². The molecule has 0 aliphatic heterocycles. The summed E-state index contributed by atoms with van der Waals surface area (Å²) in [7, 11) is 0. The molecule has 3 N–H and O–H groups in total. The van der Waals surface area contributed by atoms with E-state index in [1.54, 1.807) is 11.4 Å². The normalized spacial score (nSPS) is 35.0. The van der Waals surface area contributed by atoms with Crippen molar-refractivity contribution in [3.05, 3.63) is 17.0 Å². The smallest absolute Gasteiger partial charge is 0.251 e. The quantitative estimate of drug-likeness (QED) is 0.833. The number of anilines is 1. The molecule has 1 aromatic rings. The molecular weight excluding hydrogens is 340 g/mol. The van der Waals surface area contributed by atoms with Gasteiger partial charge in [0, 0.05) is 4.75 Å². The van der Waals surface area contributed by atoms with Crippen LogP contribution < -0.4 is 11.1 Å². The number of thiophene rings is 1. The van der Waals surface area contributed by atoms with Gasteiger partial charge in [0.1, 0.15) is 5.00 Å². The van der Waals surface area contributed by atoms with Gasteiger partial charge in [0.25, 0.3) is 5.91 Å². The van der Waals surface area contributed by atoms with Gasteiger partial charge in [-0.05, 0) is 74.6 Å². The monoisotopic (exact) mass is 364 g/mol. The molecular formula is C18H24N2O2S2. The molecule has 4 fully saturated rings. The lowest BCUT2D eigenvalue weighted by atomic mass is 9.56. The Balaban J connectivity index is 1.42. The van der Waals surface area contributed by atoms with Gasteiger partial charge in [-0.3, -0.25) is 9.59 Å². The molecule has 0 spiro atoms. The van der Waals surface area contributed by atoms with Crippen LogP contribution in [0.25, 0.3) is 0 Å². The molecule has 0 aromatic carbocycles. The molecule has 130 valence electrons. The van der Waals surface area contributed by atoms with Gasteiger partial charge in [0.2, 0.25) is 5.91 Å². The predicted octanol–water partition coefficient (Wildman–Crippen LogP) is 3.88. The van der Waals surface area contributed by atoms with Gasteiger partial charge < -0.3 is 11.1 Å². The molecule has 1 atom stereocenters. The second-order valence-corrected chi connectivity index (χ2v) is 10.6. The van der Waals surface area contributed by atoms with Gasteiger partial charge in [-0.2, -0.15) is 0 Å². The summed E-state index contributed by atoms with van der Waals surface area (Å²) in [6.45, 7) is 2.00. The molecule has 5 rings (SSSR count). The molecule has 2 amide bonds. The van der Waals surface area contributed by atoms with Crippen LogP contribution in [0.15, 0.2) is 11.4 Å². The van der Waals surface area contributed by atoms with Crippen LogP contribution in [-0.4, -0.2) is 21.8 Å². The molecule has 4 aliphatic rings. The zero-order chi connectivity index (χ0) is 16.9. The zero-order valence-electron chi connectivity index (χ0n) is 13.9. The average Bonchev–Trinajstić information content (AvgIpc) is 2.93. The Hall–Kier alpha value is -1.01. The van der Waals surface area contributed by atoms with Gasteiger partial charge in [-0.15, -0.1) is 23.1 Å². The fraction of sp³-hybridized carbons (Fsp3) is 0.667. The number of nitrogens with one attached hydrogen (secondary N) is 1. The van der Waals surface area contributed by atoms with E-state index in [9.17, 15) is 9.59 Å². The number of carbonyl (C=O) groups is 2. The van der Waals surface area contributed by atoms with Crippen LogP contribution in [0.2, 0.25) is 0 Å². The maximum absolute atomic E-state index is 12.6. The average molecular weight is 365 g/mol. The maximum Gasteiger partial charge on any atom is 0.251 e. The molecule has 0 unspecified atom stereocenters. The molecule has 4 aliphatic carbocycles. The van der Waals surface area contributed by atoms with E-state index in [1.807, 2.05) is 18.7 Å². The van der Waals surface area contributed by atoms with Crippen LogP contribution in [0.1, 0.15) is 55.8 Å². The van der Waals surface area contributed by atoms with Crippen molar-refractivity contribution < 1.29 is 9.59 Å². The van der Waals surface area contributed by atoms with Gasteiger partial charge in [-0.1, -0.05) is 0 Å². The molecule has 4 saturated carbocycles. The van der Waals surface area contributed by atoms with Gasteiger partial charge in [-0.25, -0.2) is 0 Å². The van der Waals surface area contributed by atoms with Crippen molar-refractivity contribution in [2.24, 2.45) is 23.5 Å². The van der Waals surface area contributed by atoms with Crippen molar-refractivity contribution in [3.8, 4) is 0 Å². The lowest BCUT2D eigenvalue weighted by Gasteiger charge is -2.57. The lowest BCUT2D eigenvalue weighted by molar-refractivity contribution is -0.115. The van der Waals surface area contributed by atoms with Gasteiger partial charge in [0.05, 0.1) is 10.8 Å². The van der Waals surface area contributed by atoms with Crippen LogP contribution in [0.3, 0.4) is 0 Å². The first-order chi connectivity index (χ1) is 11.4. The second kappa shape index (κ2) is 6.06. The molecule has 24 heavy (non-hydrogen) atoms. The number of carbonyl (C=O) groups excluding carboxylic acids is 2. The highest BCUT2D eigenvalue weighted by Gasteiger charge is 2.52. The molecule has 1 aromatic heterocycles. The van der Waals surface area contributed by atoms with E-state index in [-0.39, 0.29) is 11.2 Å².